The van der Waals surface area contributed by atoms with Crippen LogP contribution in [0.3, 0.4) is 0 Å². The van der Waals surface area contributed by atoms with Gasteiger partial charge in [-0.2, -0.15) is 0 Å². The maximum Gasteiger partial charge on any atom is 0.409 e. The summed E-state index contributed by atoms with van der Waals surface area (Å²) in [5, 5.41) is 2.93. The summed E-state index contributed by atoms with van der Waals surface area (Å²) in [5.41, 5.74) is 0. The second kappa shape index (κ2) is 3.72. The predicted molar refractivity (Wildman–Crippen MR) is 53.2 cm³/mol. The van der Waals surface area contributed by atoms with Crippen LogP contribution in [0.1, 0.15) is 13.3 Å². The Labute approximate surface area is 88.8 Å². The summed E-state index contributed by atoms with van der Waals surface area (Å²) in [7, 11) is 1.36. The maximum atomic E-state index is 11.5. The van der Waals surface area contributed by atoms with Gasteiger partial charge in [-0.1, -0.05) is 6.92 Å². The lowest BCUT2D eigenvalue weighted by Gasteiger charge is -2.38. The fourth-order valence-electron chi connectivity index (χ4n) is 1.84. The first-order valence-corrected chi connectivity index (χ1v) is 5.25. The molecule has 1 aliphatic heterocycles. The van der Waals surface area contributed by atoms with Gasteiger partial charge in [-0.3, -0.25) is 4.79 Å². The lowest BCUT2D eigenvalue weighted by molar-refractivity contribution is -0.124. The summed E-state index contributed by atoms with van der Waals surface area (Å²) in [4.78, 5) is 24.1. The Bertz CT molecular complexity index is 286. The average molecular weight is 212 g/mol. The van der Waals surface area contributed by atoms with Crippen molar-refractivity contribution >= 4 is 12.0 Å². The van der Waals surface area contributed by atoms with Crippen LogP contribution in [0.15, 0.2) is 0 Å². The number of likely N-dealkylation sites (tertiary alicyclic amines) is 1. The fraction of sp³-hybridized carbons (Fsp3) is 0.800. The quantitative estimate of drug-likeness (QED) is 0.711. The van der Waals surface area contributed by atoms with Gasteiger partial charge in [-0.15, -0.1) is 0 Å². The standard InChI is InChI=1S/C10H16N2O3/c1-6-3-8(6)9(13)11-7-4-12(5-7)10(14)15-2/h6-8H,3-5H2,1-2H3,(H,11,13). The van der Waals surface area contributed by atoms with E-state index in [9.17, 15) is 9.59 Å². The molecule has 1 saturated carbocycles. The van der Waals surface area contributed by atoms with Gasteiger partial charge >= 0.3 is 6.09 Å². The molecule has 2 unspecified atom stereocenters. The smallest absolute Gasteiger partial charge is 0.409 e. The third kappa shape index (κ3) is 2.06. The molecule has 1 N–H and O–H groups in total. The van der Waals surface area contributed by atoms with Crippen molar-refractivity contribution in [3.05, 3.63) is 0 Å². The Kier molecular flexibility index (Phi) is 2.54. The molecule has 1 aliphatic carbocycles. The number of hydrogen-bond donors (Lipinski definition) is 1. The van der Waals surface area contributed by atoms with Gasteiger partial charge in [0, 0.05) is 19.0 Å². The minimum absolute atomic E-state index is 0.115. The lowest BCUT2D eigenvalue weighted by Crippen LogP contribution is -2.61. The molecule has 2 aliphatic rings. The van der Waals surface area contributed by atoms with Crippen LogP contribution in [0, 0.1) is 11.8 Å². The number of carbonyl (C=O) groups is 2. The minimum Gasteiger partial charge on any atom is -0.453 e. The van der Waals surface area contributed by atoms with Crippen LogP contribution in [-0.4, -0.2) is 43.1 Å². The Morgan fingerprint density at radius 3 is 2.47 bits per heavy atom. The van der Waals surface area contributed by atoms with Crippen LogP contribution in [0.5, 0.6) is 0 Å². The molecular formula is C10H16N2O3. The Morgan fingerprint density at radius 1 is 1.40 bits per heavy atom. The number of nitrogens with one attached hydrogen (secondary N) is 1. The molecule has 2 fully saturated rings. The minimum atomic E-state index is -0.319. The topological polar surface area (TPSA) is 58.6 Å². The van der Waals surface area contributed by atoms with Crippen molar-refractivity contribution in [1.29, 1.82) is 0 Å². The summed E-state index contributed by atoms with van der Waals surface area (Å²) in [6.07, 6.45) is 0.680. The number of amides is 2. The molecule has 0 aromatic rings. The van der Waals surface area contributed by atoms with Gasteiger partial charge in [0.15, 0.2) is 0 Å². The number of hydrogen-bond acceptors (Lipinski definition) is 3. The zero-order valence-electron chi connectivity index (χ0n) is 9.03. The molecule has 0 radical (unpaired) electrons. The second-order valence-corrected chi connectivity index (χ2v) is 4.40. The average Bonchev–Trinajstić information content (AvgIpc) is 2.87. The Morgan fingerprint density at radius 2 is 2.00 bits per heavy atom. The normalized spacial score (nSPS) is 29.3. The zero-order chi connectivity index (χ0) is 11.0. The van der Waals surface area contributed by atoms with E-state index in [0.29, 0.717) is 19.0 Å². The van der Waals surface area contributed by atoms with Crippen molar-refractivity contribution < 1.29 is 14.3 Å². The van der Waals surface area contributed by atoms with Crippen LogP contribution >= 0.6 is 0 Å². The molecule has 2 amide bonds. The van der Waals surface area contributed by atoms with Gasteiger partial charge in [-0.05, 0) is 12.3 Å². The molecule has 1 heterocycles. The highest BCUT2D eigenvalue weighted by atomic mass is 16.5. The van der Waals surface area contributed by atoms with Gasteiger partial charge in [-0.25, -0.2) is 4.79 Å². The third-order valence-corrected chi connectivity index (χ3v) is 3.11. The molecule has 1 saturated heterocycles. The number of ether oxygens (including phenoxy) is 1. The zero-order valence-corrected chi connectivity index (χ0v) is 9.03. The van der Waals surface area contributed by atoms with Gasteiger partial charge in [0.1, 0.15) is 0 Å². The van der Waals surface area contributed by atoms with Crippen molar-refractivity contribution in [2.75, 3.05) is 20.2 Å². The molecule has 0 aromatic heterocycles. The molecule has 2 atom stereocenters. The molecule has 15 heavy (non-hydrogen) atoms. The summed E-state index contributed by atoms with van der Waals surface area (Å²) >= 11 is 0. The molecular weight excluding hydrogens is 196 g/mol. The Balaban J connectivity index is 1.67. The van der Waals surface area contributed by atoms with E-state index >= 15 is 0 Å². The van der Waals surface area contributed by atoms with Gasteiger partial charge in [0.2, 0.25) is 5.91 Å². The van der Waals surface area contributed by atoms with Crippen molar-refractivity contribution in [2.45, 2.75) is 19.4 Å². The number of rotatable bonds is 2. The van der Waals surface area contributed by atoms with Crippen LogP contribution in [0.2, 0.25) is 0 Å². The largest absolute Gasteiger partial charge is 0.453 e. The van der Waals surface area contributed by atoms with Crippen molar-refractivity contribution in [3.8, 4) is 0 Å². The Hall–Kier alpha value is -1.26. The molecule has 5 nitrogen and oxygen atoms in total. The van der Waals surface area contributed by atoms with E-state index in [0.717, 1.165) is 6.42 Å². The highest BCUT2D eigenvalue weighted by Crippen LogP contribution is 2.37. The highest BCUT2D eigenvalue weighted by molar-refractivity contribution is 5.82. The first kappa shape index (κ1) is 10.3. The van der Waals surface area contributed by atoms with Gasteiger partial charge < -0.3 is 15.0 Å². The summed E-state index contributed by atoms with van der Waals surface area (Å²) < 4.78 is 4.56. The van der Waals surface area contributed by atoms with E-state index in [1.165, 1.54) is 7.11 Å². The van der Waals surface area contributed by atoms with Gasteiger partial charge in [0.05, 0.1) is 13.2 Å². The summed E-state index contributed by atoms with van der Waals surface area (Å²) in [6, 6.07) is 0.115. The molecule has 0 aromatic carbocycles. The van der Waals surface area contributed by atoms with Crippen LogP contribution in [-0.2, 0) is 9.53 Å². The van der Waals surface area contributed by atoms with Gasteiger partial charge in [0.25, 0.3) is 0 Å². The SMILES string of the molecule is COC(=O)N1CC(NC(=O)C2CC2C)C1. The second-order valence-electron chi connectivity index (χ2n) is 4.40. The van der Waals surface area contributed by atoms with Crippen molar-refractivity contribution in [2.24, 2.45) is 11.8 Å². The maximum absolute atomic E-state index is 11.5. The first-order chi connectivity index (χ1) is 7.11. The molecule has 2 rings (SSSR count). The van der Waals surface area contributed by atoms with E-state index < -0.39 is 0 Å². The van der Waals surface area contributed by atoms with Crippen LogP contribution < -0.4 is 5.32 Å². The van der Waals surface area contributed by atoms with E-state index in [2.05, 4.69) is 17.0 Å². The number of methoxy groups -OCH3 is 1. The molecule has 0 spiro atoms. The van der Waals surface area contributed by atoms with Crippen molar-refractivity contribution in [3.63, 3.8) is 0 Å². The predicted octanol–water partition coefficient (Wildman–Crippen LogP) is 0.209. The highest BCUT2D eigenvalue weighted by Gasteiger charge is 2.41. The van der Waals surface area contributed by atoms with E-state index in [1.807, 2.05) is 0 Å². The first-order valence-electron chi connectivity index (χ1n) is 5.25. The van der Waals surface area contributed by atoms with Crippen LogP contribution in [0.4, 0.5) is 4.79 Å². The van der Waals surface area contributed by atoms with E-state index in [1.54, 1.807) is 4.90 Å². The summed E-state index contributed by atoms with van der Waals surface area (Å²) in [6.45, 7) is 3.21. The summed E-state index contributed by atoms with van der Waals surface area (Å²) in [5.74, 6) is 0.871. The monoisotopic (exact) mass is 212 g/mol. The lowest BCUT2D eigenvalue weighted by atomic mass is 10.1. The molecule has 84 valence electrons. The van der Waals surface area contributed by atoms with E-state index in [-0.39, 0.29) is 24.0 Å². The van der Waals surface area contributed by atoms with Crippen LogP contribution in [0.25, 0.3) is 0 Å². The molecule has 5 heteroatoms. The number of carbonyl (C=O) groups excluding carboxylic acids is 2. The number of nitrogens with zero attached hydrogens (tertiary/aromatic N) is 1. The fourth-order valence-corrected chi connectivity index (χ4v) is 1.84. The third-order valence-electron chi connectivity index (χ3n) is 3.11. The molecule has 0 bridgehead atoms. The van der Waals surface area contributed by atoms with Crippen molar-refractivity contribution in [1.82, 2.24) is 10.2 Å². The van der Waals surface area contributed by atoms with E-state index in [4.69, 9.17) is 0 Å².